The lowest BCUT2D eigenvalue weighted by Gasteiger charge is -2.11. The zero-order valence-corrected chi connectivity index (χ0v) is 11.9. The molecule has 0 radical (unpaired) electrons. The first-order valence-electron chi connectivity index (χ1n) is 6.45. The summed E-state index contributed by atoms with van der Waals surface area (Å²) in [6, 6.07) is 4.91. The monoisotopic (exact) mass is 291 g/mol. The quantitative estimate of drug-likeness (QED) is 0.634. The highest BCUT2D eigenvalue weighted by Crippen LogP contribution is 2.32. The number of ether oxygens (including phenoxy) is 1. The Bertz CT molecular complexity index is 653. The average Bonchev–Trinajstić information content (AvgIpc) is 2.87. The molecule has 1 heterocycles. The minimum absolute atomic E-state index is 0.00429. The molecule has 0 aliphatic rings. The van der Waals surface area contributed by atoms with Gasteiger partial charge in [-0.2, -0.15) is 0 Å². The molecule has 0 fully saturated rings. The third-order valence-corrected chi connectivity index (χ3v) is 3.20. The maximum atomic E-state index is 11.2. The Balaban J connectivity index is 2.61. The highest BCUT2D eigenvalue weighted by molar-refractivity contribution is 5.72. The van der Waals surface area contributed by atoms with E-state index in [2.05, 4.69) is 10.2 Å². The van der Waals surface area contributed by atoms with Gasteiger partial charge in [0.1, 0.15) is 5.82 Å². The molecule has 1 aromatic carbocycles. The van der Waals surface area contributed by atoms with Crippen LogP contribution in [0.3, 0.4) is 0 Å². The summed E-state index contributed by atoms with van der Waals surface area (Å²) in [5.41, 5.74) is 6.88. The van der Waals surface area contributed by atoms with Crippen molar-refractivity contribution in [3.8, 4) is 11.4 Å². The van der Waals surface area contributed by atoms with Gasteiger partial charge in [-0.05, 0) is 12.5 Å². The van der Waals surface area contributed by atoms with Gasteiger partial charge in [-0.3, -0.25) is 10.1 Å². The summed E-state index contributed by atoms with van der Waals surface area (Å²) in [6.45, 7) is 2.94. The van der Waals surface area contributed by atoms with E-state index in [4.69, 9.17) is 10.5 Å². The van der Waals surface area contributed by atoms with Crippen molar-refractivity contribution in [1.82, 2.24) is 14.8 Å². The van der Waals surface area contributed by atoms with Crippen LogP contribution >= 0.6 is 0 Å². The van der Waals surface area contributed by atoms with Crippen LogP contribution in [-0.2, 0) is 17.8 Å². The van der Waals surface area contributed by atoms with E-state index in [0.29, 0.717) is 30.4 Å². The number of benzene rings is 1. The van der Waals surface area contributed by atoms with Gasteiger partial charge in [-0.25, -0.2) is 0 Å². The zero-order chi connectivity index (χ0) is 15.4. The van der Waals surface area contributed by atoms with E-state index in [1.165, 1.54) is 6.07 Å². The van der Waals surface area contributed by atoms with Crippen LogP contribution in [0.5, 0.6) is 0 Å². The molecule has 2 aromatic rings. The molecule has 1 aromatic heterocycles. The molecule has 0 saturated carbocycles. The smallest absolute Gasteiger partial charge is 0.280 e. The standard InChI is InChI=1S/C13H17N5O3/c1-9-4-3-5-10(18(19)20)12(9)13-16-15-11(8-14)17(13)6-7-21-2/h3-5H,6-8,14H2,1-2H3. The van der Waals surface area contributed by atoms with Crippen LogP contribution in [0, 0.1) is 17.0 Å². The maximum Gasteiger partial charge on any atom is 0.280 e. The Labute approximate surface area is 121 Å². The first-order chi connectivity index (χ1) is 10.1. The molecule has 8 nitrogen and oxygen atoms in total. The molecule has 0 saturated heterocycles. The molecule has 2 N–H and O–H groups in total. The van der Waals surface area contributed by atoms with E-state index in [1.807, 2.05) is 0 Å². The van der Waals surface area contributed by atoms with Gasteiger partial charge in [0.25, 0.3) is 5.69 Å². The molecular weight excluding hydrogens is 274 g/mol. The Morgan fingerprint density at radius 1 is 1.43 bits per heavy atom. The zero-order valence-electron chi connectivity index (χ0n) is 11.9. The first-order valence-corrected chi connectivity index (χ1v) is 6.45. The Kier molecular flexibility index (Phi) is 4.61. The second-order valence-electron chi connectivity index (χ2n) is 4.51. The fourth-order valence-electron chi connectivity index (χ4n) is 2.18. The second kappa shape index (κ2) is 6.42. The SMILES string of the molecule is COCCn1c(CN)nnc1-c1c(C)cccc1[N+](=O)[O-]. The number of hydrogen-bond acceptors (Lipinski definition) is 6. The number of nitro benzene ring substituents is 1. The van der Waals surface area contributed by atoms with Crippen LogP contribution in [0.1, 0.15) is 11.4 Å². The largest absolute Gasteiger partial charge is 0.383 e. The predicted octanol–water partition coefficient (Wildman–Crippen LogP) is 1.27. The lowest BCUT2D eigenvalue weighted by atomic mass is 10.1. The van der Waals surface area contributed by atoms with Gasteiger partial charge in [-0.1, -0.05) is 12.1 Å². The summed E-state index contributed by atoms with van der Waals surface area (Å²) in [5, 5.41) is 19.3. The highest BCUT2D eigenvalue weighted by Gasteiger charge is 2.23. The van der Waals surface area contributed by atoms with Crippen molar-refractivity contribution >= 4 is 5.69 Å². The van der Waals surface area contributed by atoms with E-state index in [-0.39, 0.29) is 12.2 Å². The number of nitrogens with two attached hydrogens (primary N) is 1. The Hall–Kier alpha value is -2.32. The molecule has 21 heavy (non-hydrogen) atoms. The molecule has 112 valence electrons. The van der Waals surface area contributed by atoms with Crippen molar-refractivity contribution in [2.45, 2.75) is 20.0 Å². The lowest BCUT2D eigenvalue weighted by molar-refractivity contribution is -0.384. The van der Waals surface area contributed by atoms with Gasteiger partial charge < -0.3 is 15.0 Å². The van der Waals surface area contributed by atoms with Crippen LogP contribution in [0.25, 0.3) is 11.4 Å². The second-order valence-corrected chi connectivity index (χ2v) is 4.51. The summed E-state index contributed by atoms with van der Waals surface area (Å²) in [6.07, 6.45) is 0. The van der Waals surface area contributed by atoms with Crippen molar-refractivity contribution in [1.29, 1.82) is 0 Å². The molecule has 0 amide bonds. The van der Waals surface area contributed by atoms with E-state index in [1.54, 1.807) is 30.7 Å². The minimum atomic E-state index is -0.417. The summed E-state index contributed by atoms with van der Waals surface area (Å²) >= 11 is 0. The fourth-order valence-corrected chi connectivity index (χ4v) is 2.18. The number of rotatable bonds is 6. The summed E-state index contributed by atoms with van der Waals surface area (Å²) in [4.78, 5) is 10.8. The minimum Gasteiger partial charge on any atom is -0.383 e. The first kappa shape index (κ1) is 15.1. The Morgan fingerprint density at radius 2 is 2.19 bits per heavy atom. The number of nitrogens with zero attached hydrogens (tertiary/aromatic N) is 4. The molecule has 0 unspecified atom stereocenters. The van der Waals surface area contributed by atoms with Crippen molar-refractivity contribution < 1.29 is 9.66 Å². The number of methoxy groups -OCH3 is 1. The summed E-state index contributed by atoms with van der Waals surface area (Å²) in [5.74, 6) is 1.01. The molecule has 2 rings (SSSR count). The highest BCUT2D eigenvalue weighted by atomic mass is 16.6. The molecule has 0 bridgehead atoms. The number of nitro groups is 1. The van der Waals surface area contributed by atoms with Crippen molar-refractivity contribution in [3.63, 3.8) is 0 Å². The third kappa shape index (κ3) is 2.91. The van der Waals surface area contributed by atoms with E-state index in [0.717, 1.165) is 5.56 Å². The fraction of sp³-hybridized carbons (Fsp3) is 0.385. The topological polar surface area (TPSA) is 109 Å². The van der Waals surface area contributed by atoms with Crippen LogP contribution in [0.2, 0.25) is 0 Å². The number of hydrogen-bond donors (Lipinski definition) is 1. The predicted molar refractivity (Wildman–Crippen MR) is 76.6 cm³/mol. The van der Waals surface area contributed by atoms with Crippen molar-refractivity contribution in [2.24, 2.45) is 5.73 Å². The number of aryl methyl sites for hydroxylation is 1. The molecule has 0 aliphatic heterocycles. The molecule has 8 heteroatoms. The van der Waals surface area contributed by atoms with Gasteiger partial charge in [0.05, 0.1) is 23.6 Å². The van der Waals surface area contributed by atoms with E-state index < -0.39 is 4.92 Å². The summed E-state index contributed by atoms with van der Waals surface area (Å²) < 4.78 is 6.83. The van der Waals surface area contributed by atoms with Gasteiger partial charge >= 0.3 is 0 Å². The van der Waals surface area contributed by atoms with Crippen LogP contribution in [0.15, 0.2) is 18.2 Å². The van der Waals surface area contributed by atoms with Gasteiger partial charge in [0.15, 0.2) is 5.82 Å². The normalized spacial score (nSPS) is 10.8. The van der Waals surface area contributed by atoms with Crippen LogP contribution in [-0.4, -0.2) is 33.4 Å². The third-order valence-electron chi connectivity index (χ3n) is 3.20. The van der Waals surface area contributed by atoms with Crippen LogP contribution in [0.4, 0.5) is 5.69 Å². The molecule has 0 aliphatic carbocycles. The number of aromatic nitrogens is 3. The average molecular weight is 291 g/mol. The summed E-state index contributed by atoms with van der Waals surface area (Å²) in [7, 11) is 1.59. The van der Waals surface area contributed by atoms with Gasteiger partial charge in [0, 0.05) is 19.7 Å². The van der Waals surface area contributed by atoms with Gasteiger partial charge in [-0.15, -0.1) is 10.2 Å². The molecule has 0 atom stereocenters. The van der Waals surface area contributed by atoms with Crippen molar-refractivity contribution in [2.75, 3.05) is 13.7 Å². The Morgan fingerprint density at radius 3 is 2.81 bits per heavy atom. The van der Waals surface area contributed by atoms with Crippen LogP contribution < -0.4 is 5.73 Å². The van der Waals surface area contributed by atoms with E-state index >= 15 is 0 Å². The van der Waals surface area contributed by atoms with E-state index in [9.17, 15) is 10.1 Å². The molecular formula is C13H17N5O3. The molecule has 0 spiro atoms. The maximum absolute atomic E-state index is 11.2. The lowest BCUT2D eigenvalue weighted by Crippen LogP contribution is -2.13. The van der Waals surface area contributed by atoms with Gasteiger partial charge in [0.2, 0.25) is 0 Å². The van der Waals surface area contributed by atoms with Crippen molar-refractivity contribution in [3.05, 3.63) is 39.7 Å².